The monoisotopic (exact) mass is 335 g/mol. The maximum Gasteiger partial charge on any atom is 0.264 e. The van der Waals surface area contributed by atoms with Crippen molar-refractivity contribution in [2.24, 2.45) is 0 Å². The SMILES string of the molecule is Cc1ccc(S(=O)(=O)N2CCCCc3cc(Cl)ccc32)cc1. The summed E-state index contributed by atoms with van der Waals surface area (Å²) in [5.41, 5.74) is 2.80. The highest BCUT2D eigenvalue weighted by atomic mass is 35.5. The lowest BCUT2D eigenvalue weighted by molar-refractivity contribution is 0.589. The second kappa shape index (κ2) is 5.94. The molecule has 0 radical (unpaired) electrons. The first-order chi connectivity index (χ1) is 10.5. The molecule has 0 saturated carbocycles. The lowest BCUT2D eigenvalue weighted by Crippen LogP contribution is -2.31. The fourth-order valence-electron chi connectivity index (χ4n) is 2.78. The number of nitrogens with zero attached hydrogens (tertiary/aromatic N) is 1. The van der Waals surface area contributed by atoms with E-state index in [1.165, 1.54) is 4.31 Å². The van der Waals surface area contributed by atoms with Crippen molar-refractivity contribution in [2.75, 3.05) is 10.8 Å². The first-order valence-corrected chi connectivity index (χ1v) is 9.18. The molecular formula is C17H18ClNO2S. The predicted molar refractivity (Wildman–Crippen MR) is 90.1 cm³/mol. The average Bonchev–Trinajstić information content (AvgIpc) is 2.69. The molecule has 1 aliphatic rings. The van der Waals surface area contributed by atoms with Crippen LogP contribution in [0.2, 0.25) is 5.02 Å². The van der Waals surface area contributed by atoms with Crippen molar-refractivity contribution in [1.82, 2.24) is 0 Å². The molecule has 0 N–H and O–H groups in total. The Hall–Kier alpha value is -1.52. The van der Waals surface area contributed by atoms with Gasteiger partial charge in [-0.3, -0.25) is 4.31 Å². The third-order valence-electron chi connectivity index (χ3n) is 3.98. The summed E-state index contributed by atoms with van der Waals surface area (Å²) in [5, 5.41) is 0.647. The van der Waals surface area contributed by atoms with Crippen LogP contribution in [0.15, 0.2) is 47.4 Å². The molecule has 0 atom stereocenters. The topological polar surface area (TPSA) is 37.4 Å². The van der Waals surface area contributed by atoms with Gasteiger partial charge in [-0.25, -0.2) is 8.42 Å². The van der Waals surface area contributed by atoms with Gasteiger partial charge in [0.2, 0.25) is 0 Å². The summed E-state index contributed by atoms with van der Waals surface area (Å²) >= 11 is 6.06. The van der Waals surface area contributed by atoms with E-state index in [0.717, 1.165) is 36.1 Å². The standard InChI is InChI=1S/C17H18ClNO2S/c1-13-5-8-16(9-6-13)22(20,21)19-11-3-2-4-14-12-15(18)7-10-17(14)19/h5-10,12H,2-4,11H2,1H3. The van der Waals surface area contributed by atoms with E-state index in [0.29, 0.717) is 16.5 Å². The number of anilines is 1. The van der Waals surface area contributed by atoms with Crippen LogP contribution in [-0.2, 0) is 16.4 Å². The van der Waals surface area contributed by atoms with Crippen molar-refractivity contribution in [1.29, 1.82) is 0 Å². The summed E-state index contributed by atoms with van der Waals surface area (Å²) in [6.07, 6.45) is 2.67. The van der Waals surface area contributed by atoms with Crippen LogP contribution < -0.4 is 4.31 Å². The van der Waals surface area contributed by atoms with Crippen molar-refractivity contribution in [3.63, 3.8) is 0 Å². The van der Waals surface area contributed by atoms with Gasteiger partial charge in [0.1, 0.15) is 0 Å². The lowest BCUT2D eigenvalue weighted by atomic mass is 10.1. The van der Waals surface area contributed by atoms with Gasteiger partial charge in [-0.2, -0.15) is 0 Å². The lowest BCUT2D eigenvalue weighted by Gasteiger charge is -2.24. The minimum absolute atomic E-state index is 0.334. The zero-order valence-corrected chi connectivity index (χ0v) is 14.0. The highest BCUT2D eigenvalue weighted by molar-refractivity contribution is 7.92. The molecule has 0 aliphatic carbocycles. The Balaban J connectivity index is 2.09. The van der Waals surface area contributed by atoms with Crippen LogP contribution in [0.3, 0.4) is 0 Å². The smallest absolute Gasteiger partial charge is 0.264 e. The summed E-state index contributed by atoms with van der Waals surface area (Å²) in [6, 6.07) is 12.4. The number of halogens is 1. The fourth-order valence-corrected chi connectivity index (χ4v) is 4.51. The van der Waals surface area contributed by atoms with Crippen molar-refractivity contribution >= 4 is 27.3 Å². The molecule has 116 valence electrons. The van der Waals surface area contributed by atoms with Crippen LogP contribution in [0.25, 0.3) is 0 Å². The Morgan fingerprint density at radius 3 is 2.50 bits per heavy atom. The Morgan fingerprint density at radius 1 is 1.05 bits per heavy atom. The summed E-state index contributed by atoms with van der Waals surface area (Å²) in [4.78, 5) is 0.334. The minimum atomic E-state index is -3.54. The minimum Gasteiger partial charge on any atom is -0.266 e. The number of fused-ring (bicyclic) bond motifs is 1. The highest BCUT2D eigenvalue weighted by Crippen LogP contribution is 2.33. The molecule has 0 aromatic heterocycles. The third-order valence-corrected chi connectivity index (χ3v) is 6.04. The van der Waals surface area contributed by atoms with Gasteiger partial charge in [0.15, 0.2) is 0 Å². The van der Waals surface area contributed by atoms with Gasteiger partial charge < -0.3 is 0 Å². The van der Waals surface area contributed by atoms with E-state index < -0.39 is 10.0 Å². The average molecular weight is 336 g/mol. The fraction of sp³-hybridized carbons (Fsp3) is 0.294. The van der Waals surface area contributed by atoms with Crippen molar-refractivity contribution in [3.8, 4) is 0 Å². The van der Waals surface area contributed by atoms with E-state index in [9.17, 15) is 8.42 Å². The van der Waals surface area contributed by atoms with Crippen LogP contribution in [0, 0.1) is 6.92 Å². The zero-order chi connectivity index (χ0) is 15.7. The molecule has 2 aromatic carbocycles. The number of sulfonamides is 1. The summed E-state index contributed by atoms with van der Waals surface area (Å²) in [5.74, 6) is 0. The van der Waals surface area contributed by atoms with Crippen LogP contribution >= 0.6 is 11.6 Å². The molecular weight excluding hydrogens is 318 g/mol. The molecule has 0 fully saturated rings. The summed E-state index contributed by atoms with van der Waals surface area (Å²) < 4.78 is 27.5. The van der Waals surface area contributed by atoms with E-state index in [1.54, 1.807) is 18.2 Å². The first-order valence-electron chi connectivity index (χ1n) is 7.36. The number of rotatable bonds is 2. The van der Waals surface area contributed by atoms with Crippen molar-refractivity contribution in [3.05, 3.63) is 58.6 Å². The second-order valence-electron chi connectivity index (χ2n) is 5.62. The molecule has 2 aromatic rings. The third kappa shape index (κ3) is 2.85. The van der Waals surface area contributed by atoms with Gasteiger partial charge in [-0.05, 0) is 62.1 Å². The molecule has 0 amide bonds. The predicted octanol–water partition coefficient (Wildman–Crippen LogP) is 4.18. The van der Waals surface area contributed by atoms with Gasteiger partial charge in [-0.15, -0.1) is 0 Å². The Morgan fingerprint density at radius 2 is 1.77 bits per heavy atom. The number of hydrogen-bond donors (Lipinski definition) is 0. The van der Waals surface area contributed by atoms with Crippen LogP contribution in [-0.4, -0.2) is 15.0 Å². The van der Waals surface area contributed by atoms with Gasteiger partial charge >= 0.3 is 0 Å². The van der Waals surface area contributed by atoms with Crippen molar-refractivity contribution in [2.45, 2.75) is 31.1 Å². The Labute approximate surface area is 136 Å². The molecule has 0 unspecified atom stereocenters. The second-order valence-corrected chi connectivity index (χ2v) is 7.92. The van der Waals surface area contributed by atoms with Crippen LogP contribution in [0.5, 0.6) is 0 Å². The van der Waals surface area contributed by atoms with Crippen LogP contribution in [0.4, 0.5) is 5.69 Å². The maximum atomic E-state index is 13.0. The number of benzene rings is 2. The van der Waals surface area contributed by atoms with Gasteiger partial charge in [0, 0.05) is 11.6 Å². The Kier molecular flexibility index (Phi) is 4.15. The molecule has 0 spiro atoms. The molecule has 3 nitrogen and oxygen atoms in total. The zero-order valence-electron chi connectivity index (χ0n) is 12.4. The molecule has 1 heterocycles. The van der Waals surface area contributed by atoms with Gasteiger partial charge in [-0.1, -0.05) is 29.3 Å². The van der Waals surface area contributed by atoms with E-state index in [4.69, 9.17) is 11.6 Å². The molecule has 0 bridgehead atoms. The normalized spacial score (nSPS) is 15.3. The number of hydrogen-bond acceptors (Lipinski definition) is 2. The molecule has 5 heteroatoms. The Bertz CT molecular complexity index is 785. The van der Waals surface area contributed by atoms with E-state index in [2.05, 4.69) is 0 Å². The van der Waals surface area contributed by atoms with Gasteiger partial charge in [0.05, 0.1) is 10.6 Å². The summed E-state index contributed by atoms with van der Waals surface area (Å²) in [7, 11) is -3.54. The molecule has 0 saturated heterocycles. The molecule has 1 aliphatic heterocycles. The van der Waals surface area contributed by atoms with Gasteiger partial charge in [0.25, 0.3) is 10.0 Å². The molecule has 22 heavy (non-hydrogen) atoms. The van der Waals surface area contributed by atoms with Crippen molar-refractivity contribution < 1.29 is 8.42 Å². The van der Waals surface area contributed by atoms with Crippen LogP contribution in [0.1, 0.15) is 24.0 Å². The quantitative estimate of drug-likeness (QED) is 0.825. The van der Waals surface area contributed by atoms with E-state index in [-0.39, 0.29) is 0 Å². The van der Waals surface area contributed by atoms with E-state index >= 15 is 0 Å². The first kappa shape index (κ1) is 15.4. The number of aryl methyl sites for hydroxylation is 2. The molecule has 3 rings (SSSR count). The summed E-state index contributed by atoms with van der Waals surface area (Å²) in [6.45, 7) is 2.45. The maximum absolute atomic E-state index is 13.0. The highest BCUT2D eigenvalue weighted by Gasteiger charge is 2.27. The largest absolute Gasteiger partial charge is 0.266 e. The van der Waals surface area contributed by atoms with E-state index in [1.807, 2.05) is 31.2 Å².